The summed E-state index contributed by atoms with van der Waals surface area (Å²) >= 11 is 0. The third-order valence-corrected chi connectivity index (χ3v) is 3.06. The molecule has 2 aliphatic rings. The summed E-state index contributed by atoms with van der Waals surface area (Å²) in [6, 6.07) is 0.547. The average molecular weight is 197 g/mol. The molecule has 0 aromatic carbocycles. The Morgan fingerprint density at radius 1 is 1.43 bits per heavy atom. The van der Waals surface area contributed by atoms with Crippen molar-refractivity contribution in [3.63, 3.8) is 0 Å². The van der Waals surface area contributed by atoms with Gasteiger partial charge in [-0.3, -0.25) is 9.69 Å². The number of rotatable bonds is 3. The summed E-state index contributed by atoms with van der Waals surface area (Å²) in [6.45, 7) is 4.64. The Morgan fingerprint density at radius 3 is 2.64 bits per heavy atom. The fraction of sp³-hybridized carbons (Fsp3) is 0.900. The molecule has 1 N–H and O–H groups in total. The van der Waals surface area contributed by atoms with E-state index in [1.165, 1.54) is 12.8 Å². The van der Waals surface area contributed by atoms with E-state index in [0.717, 1.165) is 26.2 Å². The molecule has 14 heavy (non-hydrogen) atoms. The van der Waals surface area contributed by atoms with Crippen LogP contribution in [-0.2, 0) is 4.79 Å². The highest BCUT2D eigenvalue weighted by atomic mass is 16.2. The van der Waals surface area contributed by atoms with E-state index in [1.54, 1.807) is 0 Å². The normalized spacial score (nSPS) is 23.5. The van der Waals surface area contributed by atoms with Crippen molar-refractivity contribution in [2.24, 2.45) is 0 Å². The van der Waals surface area contributed by atoms with E-state index >= 15 is 0 Å². The van der Waals surface area contributed by atoms with Gasteiger partial charge in [0.15, 0.2) is 0 Å². The van der Waals surface area contributed by atoms with Gasteiger partial charge in [-0.2, -0.15) is 0 Å². The third kappa shape index (κ3) is 2.45. The first-order valence-corrected chi connectivity index (χ1v) is 5.46. The van der Waals surface area contributed by atoms with Crippen LogP contribution in [0.3, 0.4) is 0 Å². The number of hydrogen-bond acceptors (Lipinski definition) is 3. The van der Waals surface area contributed by atoms with Crippen molar-refractivity contribution < 1.29 is 4.79 Å². The molecule has 4 nitrogen and oxygen atoms in total. The molecule has 4 heteroatoms. The first kappa shape index (κ1) is 9.93. The monoisotopic (exact) mass is 197 g/mol. The Morgan fingerprint density at radius 2 is 2.07 bits per heavy atom. The predicted octanol–water partition coefficient (Wildman–Crippen LogP) is -0.488. The van der Waals surface area contributed by atoms with Gasteiger partial charge in [0.1, 0.15) is 0 Å². The lowest BCUT2D eigenvalue weighted by atomic mass is 10.3. The van der Waals surface area contributed by atoms with E-state index in [-0.39, 0.29) is 5.91 Å². The number of amides is 1. The van der Waals surface area contributed by atoms with Crippen molar-refractivity contribution in [1.82, 2.24) is 15.1 Å². The Labute approximate surface area is 85.2 Å². The smallest absolute Gasteiger partial charge is 0.236 e. The molecule has 1 amide bonds. The predicted molar refractivity (Wildman–Crippen MR) is 55.1 cm³/mol. The summed E-state index contributed by atoms with van der Waals surface area (Å²) in [5, 5.41) is 3.29. The second-order valence-corrected chi connectivity index (χ2v) is 4.26. The number of nitrogens with zero attached hydrogens (tertiary/aromatic N) is 2. The summed E-state index contributed by atoms with van der Waals surface area (Å²) in [5.74, 6) is 0.286. The molecular weight excluding hydrogens is 178 g/mol. The van der Waals surface area contributed by atoms with Crippen LogP contribution in [0.1, 0.15) is 12.8 Å². The minimum Gasteiger partial charge on any atom is -0.342 e. The van der Waals surface area contributed by atoms with Gasteiger partial charge in [0.2, 0.25) is 5.91 Å². The van der Waals surface area contributed by atoms with Gasteiger partial charge >= 0.3 is 0 Å². The van der Waals surface area contributed by atoms with Crippen LogP contribution >= 0.6 is 0 Å². The lowest BCUT2D eigenvalue weighted by Gasteiger charge is -2.28. The lowest BCUT2D eigenvalue weighted by Crippen LogP contribution is -2.48. The molecule has 0 aromatic rings. The van der Waals surface area contributed by atoms with Gasteiger partial charge in [-0.25, -0.2) is 0 Å². The zero-order valence-electron chi connectivity index (χ0n) is 8.83. The van der Waals surface area contributed by atoms with Gasteiger partial charge < -0.3 is 10.2 Å². The van der Waals surface area contributed by atoms with Gasteiger partial charge in [0.25, 0.3) is 0 Å². The average Bonchev–Trinajstić information content (AvgIpc) is 3.01. The van der Waals surface area contributed by atoms with E-state index in [2.05, 4.69) is 10.2 Å². The van der Waals surface area contributed by atoms with E-state index in [9.17, 15) is 4.79 Å². The molecule has 80 valence electrons. The summed E-state index contributed by atoms with van der Waals surface area (Å²) < 4.78 is 0. The second-order valence-electron chi connectivity index (χ2n) is 4.26. The number of likely N-dealkylation sites (N-methyl/N-ethyl adjacent to an activating group) is 1. The molecule has 0 bridgehead atoms. The van der Waals surface area contributed by atoms with Crippen molar-refractivity contribution >= 4 is 5.91 Å². The molecular formula is C10H19N3O. The van der Waals surface area contributed by atoms with Crippen LogP contribution in [0.15, 0.2) is 0 Å². The number of carbonyl (C=O) groups excluding carboxylic acids is 1. The molecule has 1 aliphatic carbocycles. The minimum absolute atomic E-state index is 0.286. The molecule has 0 spiro atoms. The first-order valence-electron chi connectivity index (χ1n) is 5.46. The number of hydrogen-bond donors (Lipinski definition) is 1. The molecule has 0 unspecified atom stereocenters. The maximum absolute atomic E-state index is 11.8. The van der Waals surface area contributed by atoms with Crippen LogP contribution < -0.4 is 5.32 Å². The quantitative estimate of drug-likeness (QED) is 0.663. The maximum Gasteiger partial charge on any atom is 0.236 e. The summed E-state index contributed by atoms with van der Waals surface area (Å²) in [6.07, 6.45) is 2.40. The van der Waals surface area contributed by atoms with Crippen LogP contribution in [0.2, 0.25) is 0 Å². The first-order chi connectivity index (χ1) is 6.77. The highest BCUT2D eigenvalue weighted by molar-refractivity contribution is 5.78. The van der Waals surface area contributed by atoms with Crippen molar-refractivity contribution in [1.29, 1.82) is 0 Å². The van der Waals surface area contributed by atoms with Crippen LogP contribution in [0.4, 0.5) is 0 Å². The molecule has 2 fully saturated rings. The number of nitrogens with one attached hydrogen (secondary N) is 1. The topological polar surface area (TPSA) is 35.6 Å². The second kappa shape index (κ2) is 4.28. The molecule has 0 radical (unpaired) electrons. The summed E-state index contributed by atoms with van der Waals surface area (Å²) in [4.78, 5) is 15.9. The molecule has 0 aromatic heterocycles. The minimum atomic E-state index is 0.286. The number of piperazine rings is 1. The largest absolute Gasteiger partial charge is 0.342 e. The zero-order chi connectivity index (χ0) is 9.97. The molecule has 1 saturated heterocycles. The lowest BCUT2D eigenvalue weighted by molar-refractivity contribution is -0.131. The van der Waals surface area contributed by atoms with E-state index in [4.69, 9.17) is 0 Å². The van der Waals surface area contributed by atoms with Crippen molar-refractivity contribution in [3.8, 4) is 0 Å². The molecule has 1 heterocycles. The van der Waals surface area contributed by atoms with Crippen molar-refractivity contribution in [2.75, 3.05) is 39.8 Å². The zero-order valence-corrected chi connectivity index (χ0v) is 8.83. The van der Waals surface area contributed by atoms with Crippen molar-refractivity contribution in [3.05, 3.63) is 0 Å². The maximum atomic E-state index is 11.8. The van der Waals surface area contributed by atoms with Gasteiger partial charge in [-0.1, -0.05) is 0 Å². The molecule has 1 saturated carbocycles. The highest BCUT2D eigenvalue weighted by Crippen LogP contribution is 2.25. The Kier molecular flexibility index (Phi) is 3.03. The molecule has 2 rings (SSSR count). The van der Waals surface area contributed by atoms with E-state index in [1.807, 2.05) is 11.9 Å². The van der Waals surface area contributed by atoms with Crippen LogP contribution in [-0.4, -0.2) is 61.5 Å². The summed E-state index contributed by atoms with van der Waals surface area (Å²) in [7, 11) is 1.93. The molecule has 0 atom stereocenters. The van der Waals surface area contributed by atoms with Crippen molar-refractivity contribution in [2.45, 2.75) is 18.9 Å². The van der Waals surface area contributed by atoms with Gasteiger partial charge in [-0.05, 0) is 12.8 Å². The molecule has 1 aliphatic heterocycles. The van der Waals surface area contributed by atoms with Gasteiger partial charge in [0.05, 0.1) is 6.54 Å². The Hall–Kier alpha value is -0.610. The highest BCUT2D eigenvalue weighted by Gasteiger charge is 2.30. The van der Waals surface area contributed by atoms with E-state index < -0.39 is 0 Å². The van der Waals surface area contributed by atoms with Crippen LogP contribution in [0, 0.1) is 0 Å². The Bertz CT molecular complexity index is 209. The number of carbonyl (C=O) groups is 1. The van der Waals surface area contributed by atoms with E-state index in [0.29, 0.717) is 12.6 Å². The SMILES string of the molecule is CN(C(=O)CN1CCNCC1)C1CC1. The summed E-state index contributed by atoms with van der Waals surface area (Å²) in [5.41, 5.74) is 0. The standard InChI is InChI=1S/C10H19N3O/c1-12(9-2-3-9)10(14)8-13-6-4-11-5-7-13/h9,11H,2-8H2,1H3. The van der Waals surface area contributed by atoms with Crippen LogP contribution in [0.5, 0.6) is 0 Å². The van der Waals surface area contributed by atoms with Gasteiger partial charge in [-0.15, -0.1) is 0 Å². The fourth-order valence-corrected chi connectivity index (χ4v) is 1.84. The van der Waals surface area contributed by atoms with Gasteiger partial charge in [0, 0.05) is 39.3 Å². The fourth-order valence-electron chi connectivity index (χ4n) is 1.84. The van der Waals surface area contributed by atoms with Crippen LogP contribution in [0.25, 0.3) is 0 Å². The third-order valence-electron chi connectivity index (χ3n) is 3.06. The Balaban J connectivity index is 1.74.